The first-order valence-corrected chi connectivity index (χ1v) is 11.1. The summed E-state index contributed by atoms with van der Waals surface area (Å²) in [6, 6.07) is 9.43. The van der Waals surface area contributed by atoms with Crippen LogP contribution in [0.4, 0.5) is 5.82 Å². The quantitative estimate of drug-likeness (QED) is 0.797. The molecule has 28 heavy (non-hydrogen) atoms. The van der Waals surface area contributed by atoms with E-state index in [2.05, 4.69) is 36.1 Å². The fraction of sp³-hybridized carbons (Fsp3) is 0.500. The van der Waals surface area contributed by atoms with Crippen LogP contribution in [0.15, 0.2) is 36.5 Å². The molecule has 1 aliphatic heterocycles. The molecule has 1 aromatic carbocycles. The molecule has 1 aliphatic rings. The summed E-state index contributed by atoms with van der Waals surface area (Å²) in [5.41, 5.74) is 1.60. The lowest BCUT2D eigenvalue weighted by atomic mass is 9.96. The molecule has 0 saturated carbocycles. The maximum Gasteiger partial charge on any atom is 0.218 e. The minimum Gasteiger partial charge on any atom is -0.379 e. The van der Waals surface area contributed by atoms with Crippen molar-refractivity contribution >= 4 is 15.8 Å². The van der Waals surface area contributed by atoms with Crippen molar-refractivity contribution in [2.75, 3.05) is 31.6 Å². The Labute approximate surface area is 167 Å². The van der Waals surface area contributed by atoms with Gasteiger partial charge in [-0.15, -0.1) is 0 Å². The standard InChI is InChI=1S/C20H28N4O3S/c1-20(2,3)19-21-9-8-18(23-19)22-14-16-6-4-5-7-17(16)15-28(25,26)24-10-12-27-13-11-24/h4-9H,10-15H2,1-3H3,(H,21,22,23). The van der Waals surface area contributed by atoms with Crippen LogP contribution in [0.5, 0.6) is 0 Å². The predicted molar refractivity (Wildman–Crippen MR) is 110 cm³/mol. The van der Waals surface area contributed by atoms with Crippen LogP contribution < -0.4 is 5.32 Å². The molecule has 7 nitrogen and oxygen atoms in total. The van der Waals surface area contributed by atoms with Gasteiger partial charge in [0.05, 0.1) is 19.0 Å². The lowest BCUT2D eigenvalue weighted by Crippen LogP contribution is -2.41. The second kappa shape index (κ2) is 8.55. The predicted octanol–water partition coefficient (Wildman–Crippen LogP) is 2.55. The highest BCUT2D eigenvalue weighted by Gasteiger charge is 2.25. The number of benzene rings is 1. The van der Waals surface area contributed by atoms with Gasteiger partial charge in [-0.2, -0.15) is 4.31 Å². The number of nitrogens with one attached hydrogen (secondary N) is 1. The number of rotatable bonds is 6. The molecule has 8 heteroatoms. The molecule has 0 radical (unpaired) electrons. The highest BCUT2D eigenvalue weighted by atomic mass is 32.2. The van der Waals surface area contributed by atoms with Gasteiger partial charge in [0.1, 0.15) is 11.6 Å². The van der Waals surface area contributed by atoms with Crippen molar-refractivity contribution < 1.29 is 13.2 Å². The second-order valence-electron chi connectivity index (χ2n) is 7.91. The SMILES string of the molecule is CC(C)(C)c1nccc(NCc2ccccc2CS(=O)(=O)N2CCOCC2)n1. The van der Waals surface area contributed by atoms with E-state index < -0.39 is 10.0 Å². The number of aromatic nitrogens is 2. The summed E-state index contributed by atoms with van der Waals surface area (Å²) < 4.78 is 32.3. The Morgan fingerprint density at radius 3 is 2.46 bits per heavy atom. The van der Waals surface area contributed by atoms with Crippen molar-refractivity contribution in [1.29, 1.82) is 0 Å². The average molecular weight is 405 g/mol. The fourth-order valence-electron chi connectivity index (χ4n) is 2.99. The molecule has 1 fully saturated rings. The Kier molecular flexibility index (Phi) is 6.32. The summed E-state index contributed by atoms with van der Waals surface area (Å²) in [5, 5.41) is 3.30. The molecule has 0 atom stereocenters. The molecule has 1 N–H and O–H groups in total. The van der Waals surface area contributed by atoms with E-state index in [9.17, 15) is 8.42 Å². The van der Waals surface area contributed by atoms with Crippen molar-refractivity contribution in [2.24, 2.45) is 0 Å². The molecule has 2 heterocycles. The molecule has 1 aromatic heterocycles. The highest BCUT2D eigenvalue weighted by Crippen LogP contribution is 2.20. The van der Waals surface area contributed by atoms with Crippen LogP contribution in [0.3, 0.4) is 0 Å². The molecular weight excluding hydrogens is 376 g/mol. The number of sulfonamides is 1. The lowest BCUT2D eigenvalue weighted by Gasteiger charge is -2.26. The van der Waals surface area contributed by atoms with E-state index in [1.807, 2.05) is 30.3 Å². The maximum absolute atomic E-state index is 12.8. The first-order chi connectivity index (χ1) is 13.3. The summed E-state index contributed by atoms with van der Waals surface area (Å²) in [5.74, 6) is 1.48. The molecule has 0 bridgehead atoms. The van der Waals surface area contributed by atoms with Gasteiger partial charge < -0.3 is 10.1 Å². The van der Waals surface area contributed by atoms with Gasteiger partial charge in [0.25, 0.3) is 0 Å². The summed E-state index contributed by atoms with van der Waals surface area (Å²) in [7, 11) is -3.37. The van der Waals surface area contributed by atoms with Crippen LogP contribution in [-0.2, 0) is 32.5 Å². The van der Waals surface area contributed by atoms with E-state index in [0.717, 1.165) is 22.8 Å². The fourth-order valence-corrected chi connectivity index (χ4v) is 4.55. The van der Waals surface area contributed by atoms with Gasteiger partial charge in [-0.25, -0.2) is 18.4 Å². The highest BCUT2D eigenvalue weighted by molar-refractivity contribution is 7.88. The van der Waals surface area contributed by atoms with Gasteiger partial charge in [-0.1, -0.05) is 45.0 Å². The Bertz CT molecular complexity index is 904. The topological polar surface area (TPSA) is 84.4 Å². The number of morpholine rings is 1. The van der Waals surface area contributed by atoms with Gasteiger partial charge in [-0.05, 0) is 17.2 Å². The summed E-state index contributed by atoms with van der Waals surface area (Å²) >= 11 is 0. The summed E-state index contributed by atoms with van der Waals surface area (Å²) in [6.07, 6.45) is 1.74. The lowest BCUT2D eigenvalue weighted by molar-refractivity contribution is 0.0729. The van der Waals surface area contributed by atoms with E-state index in [4.69, 9.17) is 4.74 Å². The number of anilines is 1. The van der Waals surface area contributed by atoms with E-state index >= 15 is 0 Å². The number of hydrogen-bond acceptors (Lipinski definition) is 6. The Balaban J connectivity index is 1.72. The van der Waals surface area contributed by atoms with Crippen LogP contribution >= 0.6 is 0 Å². The average Bonchev–Trinajstić information content (AvgIpc) is 2.67. The molecule has 152 valence electrons. The molecule has 0 unspecified atom stereocenters. The molecule has 3 rings (SSSR count). The van der Waals surface area contributed by atoms with Crippen molar-refractivity contribution in [3.8, 4) is 0 Å². The van der Waals surface area contributed by atoms with Crippen LogP contribution in [0, 0.1) is 0 Å². The summed E-state index contributed by atoms with van der Waals surface area (Å²) in [4.78, 5) is 8.91. The molecule has 0 spiro atoms. The van der Waals surface area contributed by atoms with Crippen LogP contribution in [0.1, 0.15) is 37.7 Å². The number of nitrogens with zero attached hydrogens (tertiary/aromatic N) is 3. The third kappa shape index (κ3) is 5.27. The van der Waals surface area contributed by atoms with Crippen LogP contribution in [-0.4, -0.2) is 49.0 Å². The second-order valence-corrected chi connectivity index (χ2v) is 9.87. The van der Waals surface area contributed by atoms with Gasteiger partial charge in [0.15, 0.2) is 0 Å². The zero-order chi connectivity index (χ0) is 20.2. The van der Waals surface area contributed by atoms with Gasteiger partial charge >= 0.3 is 0 Å². The van der Waals surface area contributed by atoms with Crippen molar-refractivity contribution in [3.63, 3.8) is 0 Å². The zero-order valence-corrected chi connectivity index (χ0v) is 17.5. The molecule has 0 aliphatic carbocycles. The van der Waals surface area contributed by atoms with Crippen molar-refractivity contribution in [3.05, 3.63) is 53.5 Å². The van der Waals surface area contributed by atoms with Crippen LogP contribution in [0.25, 0.3) is 0 Å². The summed E-state index contributed by atoms with van der Waals surface area (Å²) in [6.45, 7) is 8.43. The Morgan fingerprint density at radius 2 is 1.79 bits per heavy atom. The van der Waals surface area contributed by atoms with Gasteiger partial charge in [0, 0.05) is 31.2 Å². The molecule has 2 aromatic rings. The van der Waals surface area contributed by atoms with E-state index in [1.165, 1.54) is 4.31 Å². The molecular formula is C20H28N4O3S. The van der Waals surface area contributed by atoms with E-state index in [0.29, 0.717) is 32.8 Å². The third-order valence-corrected chi connectivity index (χ3v) is 6.43. The number of ether oxygens (including phenoxy) is 1. The largest absolute Gasteiger partial charge is 0.379 e. The van der Waals surface area contributed by atoms with E-state index in [1.54, 1.807) is 6.20 Å². The first-order valence-electron chi connectivity index (χ1n) is 9.45. The Hall–Kier alpha value is -2.03. The van der Waals surface area contributed by atoms with Crippen LogP contribution in [0.2, 0.25) is 0 Å². The smallest absolute Gasteiger partial charge is 0.218 e. The normalized spacial score (nSPS) is 16.1. The Morgan fingerprint density at radius 1 is 1.11 bits per heavy atom. The maximum atomic E-state index is 12.8. The minimum absolute atomic E-state index is 0.0120. The van der Waals surface area contributed by atoms with Gasteiger partial charge in [-0.3, -0.25) is 0 Å². The third-order valence-electron chi connectivity index (χ3n) is 4.61. The molecule has 1 saturated heterocycles. The molecule has 0 amide bonds. The van der Waals surface area contributed by atoms with Gasteiger partial charge in [0.2, 0.25) is 10.0 Å². The zero-order valence-electron chi connectivity index (χ0n) is 16.7. The van der Waals surface area contributed by atoms with E-state index in [-0.39, 0.29) is 11.2 Å². The van der Waals surface area contributed by atoms with Crippen molar-refractivity contribution in [2.45, 2.75) is 38.5 Å². The number of hydrogen-bond donors (Lipinski definition) is 1. The first kappa shape index (κ1) is 20.7. The van der Waals surface area contributed by atoms with Crippen molar-refractivity contribution in [1.82, 2.24) is 14.3 Å². The minimum atomic E-state index is -3.37. The monoisotopic (exact) mass is 404 g/mol.